The van der Waals surface area contributed by atoms with Gasteiger partial charge in [-0.25, -0.2) is 0 Å². The molecule has 0 saturated carbocycles. The minimum Gasteiger partial charge on any atom is -0.421 e. The van der Waals surface area contributed by atoms with E-state index in [0.717, 1.165) is 11.1 Å². The maximum atomic E-state index is 5.72. The molecule has 1 atom stereocenters. The van der Waals surface area contributed by atoms with E-state index in [1.807, 2.05) is 31.2 Å². The number of hydrogen-bond acceptors (Lipinski definition) is 7. The van der Waals surface area contributed by atoms with Gasteiger partial charge < -0.3 is 13.7 Å². The fraction of sp³-hybridized carbons (Fsp3) is 0.412. The molecule has 0 saturated heterocycles. The zero-order chi connectivity index (χ0) is 17.1. The van der Waals surface area contributed by atoms with Gasteiger partial charge in [0, 0.05) is 24.7 Å². The molecule has 0 aliphatic rings. The Morgan fingerprint density at radius 3 is 2.50 bits per heavy atom. The molecule has 7 nitrogen and oxygen atoms in total. The van der Waals surface area contributed by atoms with E-state index < -0.39 is 0 Å². The van der Waals surface area contributed by atoms with Gasteiger partial charge in [-0.15, -0.1) is 10.2 Å². The smallest absolute Gasteiger partial charge is 0.258 e. The molecular formula is C17H20N4O3. The number of ether oxygens (including phenoxy) is 1. The molecule has 126 valence electrons. The lowest BCUT2D eigenvalue weighted by molar-refractivity contribution is 0.0402. The predicted molar refractivity (Wildman–Crippen MR) is 87.0 cm³/mol. The van der Waals surface area contributed by atoms with Gasteiger partial charge in [0.25, 0.3) is 5.89 Å². The summed E-state index contributed by atoms with van der Waals surface area (Å²) >= 11 is 0. The molecule has 0 bridgehead atoms. The van der Waals surface area contributed by atoms with Crippen LogP contribution < -0.4 is 0 Å². The van der Waals surface area contributed by atoms with Crippen molar-refractivity contribution in [3.63, 3.8) is 0 Å². The quantitative estimate of drug-likeness (QED) is 0.679. The fourth-order valence-electron chi connectivity index (χ4n) is 2.13. The summed E-state index contributed by atoms with van der Waals surface area (Å²) in [6.07, 6.45) is -0.216. The molecular weight excluding hydrogens is 308 g/mol. The molecule has 0 amide bonds. The Morgan fingerprint density at radius 2 is 1.83 bits per heavy atom. The molecule has 0 spiro atoms. The van der Waals surface area contributed by atoms with Crippen molar-refractivity contribution in [2.45, 2.75) is 33.8 Å². The molecule has 7 heteroatoms. The van der Waals surface area contributed by atoms with Crippen molar-refractivity contribution in [1.29, 1.82) is 0 Å². The first-order chi connectivity index (χ1) is 11.5. The van der Waals surface area contributed by atoms with Gasteiger partial charge in [0.1, 0.15) is 6.10 Å². The first kappa shape index (κ1) is 16.3. The van der Waals surface area contributed by atoms with Crippen LogP contribution in [0.2, 0.25) is 0 Å². The first-order valence-electron chi connectivity index (χ1n) is 7.89. The number of nitrogens with zero attached hydrogens (tertiary/aromatic N) is 4. The van der Waals surface area contributed by atoms with Gasteiger partial charge in [-0.05, 0) is 31.0 Å². The standard InChI is InChI=1S/C17H20N4O3/c1-10(2)9-22-11(3)15-18-16(24-21-15)13-6-5-7-14(8-13)17-20-19-12(4)23-17/h5-8,10-11H,9H2,1-4H3/t11-/m0/s1. The fourth-order valence-corrected chi connectivity index (χ4v) is 2.13. The number of rotatable bonds is 6. The Hall–Kier alpha value is -2.54. The molecule has 0 N–H and O–H groups in total. The molecule has 1 aromatic carbocycles. The van der Waals surface area contributed by atoms with E-state index in [4.69, 9.17) is 13.7 Å². The zero-order valence-corrected chi connectivity index (χ0v) is 14.2. The van der Waals surface area contributed by atoms with Crippen LogP contribution in [0.15, 0.2) is 33.2 Å². The summed E-state index contributed by atoms with van der Waals surface area (Å²) in [4.78, 5) is 4.43. The molecule has 3 rings (SSSR count). The number of benzene rings is 1. The van der Waals surface area contributed by atoms with Crippen LogP contribution in [0, 0.1) is 12.8 Å². The van der Waals surface area contributed by atoms with E-state index in [-0.39, 0.29) is 6.10 Å². The zero-order valence-electron chi connectivity index (χ0n) is 14.2. The van der Waals surface area contributed by atoms with Crippen molar-refractivity contribution < 1.29 is 13.7 Å². The van der Waals surface area contributed by atoms with Crippen molar-refractivity contribution in [3.05, 3.63) is 36.0 Å². The Kier molecular flexibility index (Phi) is 4.71. The predicted octanol–water partition coefficient (Wildman–Crippen LogP) is 3.83. The summed E-state index contributed by atoms with van der Waals surface area (Å²) in [7, 11) is 0. The summed E-state index contributed by atoms with van der Waals surface area (Å²) < 4.78 is 16.5. The number of aryl methyl sites for hydroxylation is 1. The summed E-state index contributed by atoms with van der Waals surface area (Å²) in [6, 6.07) is 7.54. The molecule has 0 radical (unpaired) electrons. The van der Waals surface area contributed by atoms with Gasteiger partial charge in [0.05, 0.1) is 0 Å². The van der Waals surface area contributed by atoms with Crippen LogP contribution in [0.4, 0.5) is 0 Å². The summed E-state index contributed by atoms with van der Waals surface area (Å²) in [5.74, 6) is 2.40. The van der Waals surface area contributed by atoms with Gasteiger partial charge in [-0.3, -0.25) is 0 Å². The lowest BCUT2D eigenvalue weighted by Gasteiger charge is -2.10. The van der Waals surface area contributed by atoms with Crippen LogP contribution in [0.1, 0.15) is 38.6 Å². The molecule has 0 aliphatic carbocycles. The van der Waals surface area contributed by atoms with Crippen molar-refractivity contribution >= 4 is 0 Å². The SMILES string of the molecule is Cc1nnc(-c2cccc(-c3nc([C@H](C)OCC(C)C)no3)c2)o1. The lowest BCUT2D eigenvalue weighted by Crippen LogP contribution is -2.07. The van der Waals surface area contributed by atoms with Crippen molar-refractivity contribution in [3.8, 4) is 22.9 Å². The second kappa shape index (κ2) is 6.92. The molecule has 0 fully saturated rings. The molecule has 24 heavy (non-hydrogen) atoms. The highest BCUT2D eigenvalue weighted by molar-refractivity contribution is 5.64. The third-order valence-corrected chi connectivity index (χ3v) is 3.37. The van der Waals surface area contributed by atoms with Gasteiger partial charge >= 0.3 is 0 Å². The average Bonchev–Trinajstić information content (AvgIpc) is 3.22. The Labute approximate surface area is 140 Å². The molecule has 0 unspecified atom stereocenters. The van der Waals surface area contributed by atoms with E-state index in [9.17, 15) is 0 Å². The Balaban J connectivity index is 1.80. The lowest BCUT2D eigenvalue weighted by atomic mass is 10.1. The number of hydrogen-bond donors (Lipinski definition) is 0. The van der Waals surface area contributed by atoms with Crippen LogP contribution in [0.3, 0.4) is 0 Å². The largest absolute Gasteiger partial charge is 0.421 e. The van der Waals surface area contributed by atoms with Crippen molar-refractivity contribution in [2.24, 2.45) is 5.92 Å². The van der Waals surface area contributed by atoms with Crippen molar-refractivity contribution in [1.82, 2.24) is 20.3 Å². The summed E-state index contributed by atoms with van der Waals surface area (Å²) in [6.45, 7) is 8.51. The first-order valence-corrected chi connectivity index (χ1v) is 7.89. The highest BCUT2D eigenvalue weighted by atomic mass is 16.5. The summed E-state index contributed by atoms with van der Waals surface area (Å²) in [5.41, 5.74) is 1.59. The highest BCUT2D eigenvalue weighted by Crippen LogP contribution is 2.26. The van der Waals surface area contributed by atoms with E-state index in [2.05, 4.69) is 34.2 Å². The maximum absolute atomic E-state index is 5.72. The molecule has 3 aromatic rings. The van der Waals surface area contributed by atoms with Gasteiger partial charge in [0.2, 0.25) is 17.6 Å². The average molecular weight is 328 g/mol. The minimum atomic E-state index is -0.216. The van der Waals surface area contributed by atoms with Gasteiger partial charge in [0.15, 0.2) is 0 Å². The van der Waals surface area contributed by atoms with E-state index in [1.165, 1.54) is 0 Å². The van der Waals surface area contributed by atoms with E-state index in [0.29, 0.717) is 36.0 Å². The van der Waals surface area contributed by atoms with Crippen LogP contribution in [0.5, 0.6) is 0 Å². The molecule has 2 aromatic heterocycles. The monoisotopic (exact) mass is 328 g/mol. The normalized spacial score (nSPS) is 12.7. The van der Waals surface area contributed by atoms with E-state index >= 15 is 0 Å². The topological polar surface area (TPSA) is 87.1 Å². The Morgan fingerprint density at radius 1 is 1.08 bits per heavy atom. The third-order valence-electron chi connectivity index (χ3n) is 3.37. The molecule has 0 aliphatic heterocycles. The van der Waals surface area contributed by atoms with Gasteiger partial charge in [-0.2, -0.15) is 4.98 Å². The third kappa shape index (κ3) is 3.68. The van der Waals surface area contributed by atoms with Gasteiger partial charge in [-0.1, -0.05) is 25.1 Å². The second-order valence-electron chi connectivity index (χ2n) is 6.03. The van der Waals surface area contributed by atoms with Crippen LogP contribution in [-0.2, 0) is 4.74 Å². The van der Waals surface area contributed by atoms with Crippen LogP contribution in [0.25, 0.3) is 22.9 Å². The van der Waals surface area contributed by atoms with Crippen molar-refractivity contribution in [2.75, 3.05) is 6.61 Å². The minimum absolute atomic E-state index is 0.216. The van der Waals surface area contributed by atoms with Crippen LogP contribution >= 0.6 is 0 Å². The number of aromatic nitrogens is 4. The summed E-state index contributed by atoms with van der Waals surface area (Å²) in [5, 5.41) is 11.9. The van der Waals surface area contributed by atoms with Crippen LogP contribution in [-0.4, -0.2) is 26.9 Å². The Bertz CT molecular complexity index is 810. The van der Waals surface area contributed by atoms with E-state index in [1.54, 1.807) is 6.92 Å². The highest BCUT2D eigenvalue weighted by Gasteiger charge is 2.17. The molecule has 2 heterocycles. The second-order valence-corrected chi connectivity index (χ2v) is 6.03. The maximum Gasteiger partial charge on any atom is 0.258 e.